The van der Waals surface area contributed by atoms with Crippen molar-refractivity contribution in [3.8, 4) is 6.07 Å². The van der Waals surface area contributed by atoms with Crippen molar-refractivity contribution < 1.29 is 0 Å². The van der Waals surface area contributed by atoms with Gasteiger partial charge in [0.05, 0.1) is 5.39 Å². The largest absolute Gasteiger partial charge is 0.360 e. The molecule has 0 atom stereocenters. The fraction of sp³-hybridized carbons (Fsp3) is 0.167. The van der Waals surface area contributed by atoms with Gasteiger partial charge in [0, 0.05) is 16.2 Å². The van der Waals surface area contributed by atoms with Crippen LogP contribution in [-0.2, 0) is 0 Å². The molecule has 1 heterocycles. The predicted octanol–water partition coefficient (Wildman–Crippen LogP) is 2.78. The van der Waals surface area contributed by atoms with Crippen molar-refractivity contribution in [3.05, 3.63) is 43.6 Å². The summed E-state index contributed by atoms with van der Waals surface area (Å²) in [5.74, 6) is 0. The summed E-state index contributed by atoms with van der Waals surface area (Å²) in [5, 5.41) is 9.39. The molecular weight excluding hydrogens is 268 g/mol. The second kappa shape index (κ2) is 3.76. The number of nitrogens with zero attached hydrogens (tertiary/aromatic N) is 1. The van der Waals surface area contributed by atoms with Gasteiger partial charge in [-0.25, -0.2) is 0 Å². The molecule has 1 aromatic carbocycles. The van der Waals surface area contributed by atoms with Gasteiger partial charge in [0.1, 0.15) is 11.6 Å². The summed E-state index contributed by atoms with van der Waals surface area (Å²) in [6, 6.07) is 3.79. The number of pyridine rings is 1. The van der Waals surface area contributed by atoms with E-state index in [4.69, 9.17) is 5.26 Å². The molecule has 0 bridgehead atoms. The van der Waals surface area contributed by atoms with Crippen molar-refractivity contribution in [2.24, 2.45) is 0 Å². The Hall–Kier alpha value is -1.60. The smallest absolute Gasteiger partial charge is 0.207 e. The number of hydrogen-bond acceptors (Lipinski definition) is 2. The molecule has 1 N–H and O–H groups in total. The van der Waals surface area contributed by atoms with Crippen LogP contribution in [0.4, 0.5) is 0 Å². The molecule has 2 aromatic rings. The van der Waals surface area contributed by atoms with Gasteiger partial charge < -0.3 is 4.98 Å². The Kier molecular flexibility index (Phi) is 2.56. The number of fused-ring (bicyclic) bond motifs is 1. The van der Waals surface area contributed by atoms with Crippen LogP contribution in [-0.4, -0.2) is 4.98 Å². The zero-order valence-electron chi connectivity index (χ0n) is 8.89. The summed E-state index contributed by atoms with van der Waals surface area (Å²) in [6.45, 7) is 3.84. The molecule has 16 heavy (non-hydrogen) atoms. The minimum absolute atomic E-state index is 0.145. The minimum Gasteiger partial charge on any atom is -0.360 e. The quantitative estimate of drug-likeness (QED) is 0.805. The highest BCUT2D eigenvalue weighted by atomic mass is 79.9. The standard InChI is InChI=1S/C12H9BrN2O/c1-6-3-9-10(7(2)11(6)13)12(16)8(4-14)5-15-9/h3,5H,1-2H3,(H,15,16). The summed E-state index contributed by atoms with van der Waals surface area (Å²) >= 11 is 3.45. The van der Waals surface area contributed by atoms with Crippen molar-refractivity contribution in [2.45, 2.75) is 13.8 Å². The number of aromatic nitrogens is 1. The minimum atomic E-state index is -0.213. The molecular formula is C12H9BrN2O. The van der Waals surface area contributed by atoms with Crippen LogP contribution in [0.5, 0.6) is 0 Å². The molecule has 0 unspecified atom stereocenters. The van der Waals surface area contributed by atoms with Crippen molar-refractivity contribution in [1.82, 2.24) is 4.98 Å². The maximum atomic E-state index is 12.0. The third-order valence-corrected chi connectivity index (χ3v) is 3.86. The zero-order valence-corrected chi connectivity index (χ0v) is 10.5. The summed E-state index contributed by atoms with van der Waals surface area (Å²) in [5.41, 5.74) is 2.63. The maximum Gasteiger partial charge on any atom is 0.207 e. The second-order valence-electron chi connectivity index (χ2n) is 3.70. The van der Waals surface area contributed by atoms with E-state index >= 15 is 0 Å². The highest BCUT2D eigenvalue weighted by Crippen LogP contribution is 2.26. The first-order valence-corrected chi connectivity index (χ1v) is 5.56. The lowest BCUT2D eigenvalue weighted by Gasteiger charge is -2.07. The number of hydrogen-bond donors (Lipinski definition) is 1. The van der Waals surface area contributed by atoms with Gasteiger partial charge in [-0.3, -0.25) is 4.79 Å². The first-order valence-electron chi connectivity index (χ1n) is 4.77. The lowest BCUT2D eigenvalue weighted by atomic mass is 10.0. The van der Waals surface area contributed by atoms with Crippen LogP contribution >= 0.6 is 15.9 Å². The van der Waals surface area contributed by atoms with Crippen LogP contribution in [0.25, 0.3) is 10.9 Å². The van der Waals surface area contributed by atoms with E-state index in [2.05, 4.69) is 20.9 Å². The van der Waals surface area contributed by atoms with Crippen LogP contribution in [0.1, 0.15) is 16.7 Å². The Labute approximate surface area is 101 Å². The number of nitrogens with one attached hydrogen (secondary N) is 1. The van der Waals surface area contributed by atoms with Gasteiger partial charge in [-0.15, -0.1) is 0 Å². The number of H-pyrrole nitrogens is 1. The third-order valence-electron chi connectivity index (χ3n) is 2.64. The Balaban J connectivity index is 3.06. The van der Waals surface area contributed by atoms with Gasteiger partial charge in [-0.05, 0) is 31.0 Å². The van der Waals surface area contributed by atoms with Crippen molar-refractivity contribution in [1.29, 1.82) is 5.26 Å². The molecule has 1 aromatic heterocycles. The van der Waals surface area contributed by atoms with Crippen LogP contribution in [0.15, 0.2) is 21.5 Å². The lowest BCUT2D eigenvalue weighted by Crippen LogP contribution is -2.09. The topological polar surface area (TPSA) is 56.6 Å². The number of aryl methyl sites for hydroxylation is 2. The van der Waals surface area contributed by atoms with Crippen LogP contribution < -0.4 is 5.43 Å². The van der Waals surface area contributed by atoms with Crippen molar-refractivity contribution in [2.75, 3.05) is 0 Å². The molecule has 0 aliphatic rings. The second-order valence-corrected chi connectivity index (χ2v) is 4.49. The van der Waals surface area contributed by atoms with Crippen molar-refractivity contribution in [3.63, 3.8) is 0 Å². The van der Waals surface area contributed by atoms with Crippen LogP contribution in [0.3, 0.4) is 0 Å². The van der Waals surface area contributed by atoms with Gasteiger partial charge in [0.2, 0.25) is 5.43 Å². The zero-order chi connectivity index (χ0) is 11.9. The average molecular weight is 277 g/mol. The van der Waals surface area contributed by atoms with Gasteiger partial charge in [-0.2, -0.15) is 5.26 Å². The van der Waals surface area contributed by atoms with Crippen LogP contribution in [0.2, 0.25) is 0 Å². The molecule has 0 saturated carbocycles. The van der Waals surface area contributed by atoms with E-state index < -0.39 is 0 Å². The molecule has 3 nitrogen and oxygen atoms in total. The number of benzene rings is 1. The molecule has 0 aliphatic carbocycles. The maximum absolute atomic E-state index is 12.0. The summed E-state index contributed by atoms with van der Waals surface area (Å²) in [7, 11) is 0. The first-order chi connectivity index (χ1) is 7.56. The number of rotatable bonds is 0. The highest BCUT2D eigenvalue weighted by molar-refractivity contribution is 9.10. The third kappa shape index (κ3) is 1.44. The Morgan fingerprint density at radius 3 is 2.75 bits per heavy atom. The molecule has 0 fully saturated rings. The number of aromatic amines is 1. The molecule has 0 spiro atoms. The number of halogens is 1. The summed E-state index contributed by atoms with van der Waals surface area (Å²) < 4.78 is 0.917. The molecule has 80 valence electrons. The van der Waals surface area contributed by atoms with E-state index in [9.17, 15) is 4.79 Å². The van der Waals surface area contributed by atoms with Gasteiger partial charge in [0.15, 0.2) is 0 Å². The SMILES string of the molecule is Cc1cc2[nH]cc(C#N)c(=O)c2c(C)c1Br. The Bertz CT molecular complexity index is 680. The normalized spacial score (nSPS) is 10.4. The summed E-state index contributed by atoms with van der Waals surface area (Å²) in [6.07, 6.45) is 1.46. The van der Waals surface area contributed by atoms with Gasteiger partial charge in [0.25, 0.3) is 0 Å². The van der Waals surface area contributed by atoms with E-state index in [-0.39, 0.29) is 11.0 Å². The monoisotopic (exact) mass is 276 g/mol. The van der Waals surface area contributed by atoms with E-state index in [0.717, 1.165) is 21.1 Å². The van der Waals surface area contributed by atoms with Crippen LogP contribution in [0, 0.1) is 25.2 Å². The van der Waals surface area contributed by atoms with E-state index in [0.29, 0.717) is 5.39 Å². The fourth-order valence-corrected chi connectivity index (χ4v) is 2.11. The summed E-state index contributed by atoms with van der Waals surface area (Å²) in [4.78, 5) is 15.0. The van der Waals surface area contributed by atoms with E-state index in [1.165, 1.54) is 6.20 Å². The van der Waals surface area contributed by atoms with Gasteiger partial charge in [-0.1, -0.05) is 15.9 Å². The molecule has 0 radical (unpaired) electrons. The molecule has 4 heteroatoms. The van der Waals surface area contributed by atoms with E-state index in [1.54, 1.807) is 0 Å². The van der Waals surface area contributed by atoms with E-state index in [1.807, 2.05) is 26.0 Å². The fourth-order valence-electron chi connectivity index (χ4n) is 1.80. The molecule has 0 saturated heterocycles. The lowest BCUT2D eigenvalue weighted by molar-refractivity contribution is 1.30. The first kappa shape index (κ1) is 10.9. The highest BCUT2D eigenvalue weighted by Gasteiger charge is 2.11. The molecule has 0 aliphatic heterocycles. The van der Waals surface area contributed by atoms with Gasteiger partial charge >= 0.3 is 0 Å². The van der Waals surface area contributed by atoms with Crippen molar-refractivity contribution >= 4 is 26.8 Å². The Morgan fingerprint density at radius 2 is 2.12 bits per heavy atom. The predicted molar refractivity (Wildman–Crippen MR) is 66.5 cm³/mol. The average Bonchev–Trinajstić information content (AvgIpc) is 2.26. The number of nitriles is 1. The molecule has 2 rings (SSSR count). The Morgan fingerprint density at radius 1 is 1.44 bits per heavy atom. The molecule has 0 amide bonds.